The maximum atomic E-state index is 12.4. The van der Waals surface area contributed by atoms with Gasteiger partial charge in [-0.15, -0.1) is 5.10 Å². The van der Waals surface area contributed by atoms with Crippen LogP contribution in [0.5, 0.6) is 0 Å². The van der Waals surface area contributed by atoms with Crippen LogP contribution in [-0.4, -0.2) is 46.5 Å². The van der Waals surface area contributed by atoms with E-state index in [1.165, 1.54) is 39.6 Å². The number of carbonyl (C=O) groups is 1. The van der Waals surface area contributed by atoms with Crippen molar-refractivity contribution in [3.63, 3.8) is 0 Å². The van der Waals surface area contributed by atoms with Gasteiger partial charge in [0.15, 0.2) is 0 Å². The Morgan fingerprint density at radius 3 is 2.44 bits per heavy atom. The smallest absolute Gasteiger partial charge is 0.252 e. The first-order valence-corrected chi connectivity index (χ1v) is 9.04. The molecular weight excluding hydrogens is 344 g/mol. The first kappa shape index (κ1) is 18.6. The van der Waals surface area contributed by atoms with Gasteiger partial charge in [-0.05, 0) is 24.3 Å². The lowest BCUT2D eigenvalue weighted by atomic mass is 10.3. The number of amides is 1. The van der Waals surface area contributed by atoms with Gasteiger partial charge < -0.3 is 5.32 Å². The van der Waals surface area contributed by atoms with E-state index in [-0.39, 0.29) is 23.2 Å². The largest absolute Gasteiger partial charge is 0.324 e. The van der Waals surface area contributed by atoms with Gasteiger partial charge in [-0.3, -0.25) is 4.79 Å². The van der Waals surface area contributed by atoms with E-state index in [0.717, 1.165) is 0 Å². The third-order valence-electron chi connectivity index (χ3n) is 3.42. The lowest BCUT2D eigenvalue weighted by molar-refractivity contribution is -0.116. The molecular formula is C15H18N6O3S. The zero-order valence-corrected chi connectivity index (χ0v) is 14.7. The molecule has 10 heteroatoms. The second kappa shape index (κ2) is 7.87. The highest BCUT2D eigenvalue weighted by Gasteiger charge is 2.21. The molecule has 2 rings (SSSR count). The molecule has 1 heterocycles. The molecule has 0 saturated heterocycles. The number of anilines is 1. The number of nitrogens with zero attached hydrogens (tertiary/aromatic N) is 5. The van der Waals surface area contributed by atoms with Crippen LogP contribution < -0.4 is 5.32 Å². The number of rotatable bonds is 7. The van der Waals surface area contributed by atoms with Crippen LogP contribution in [0.1, 0.15) is 19.7 Å². The van der Waals surface area contributed by atoms with Gasteiger partial charge in [0.05, 0.1) is 4.90 Å². The first-order valence-electron chi connectivity index (χ1n) is 7.60. The SMILES string of the molecule is CCN(CC)S(=O)(=O)c1ccc(NC(=O)Cn2cnc(C#N)n2)cc1. The molecule has 0 spiro atoms. The summed E-state index contributed by atoms with van der Waals surface area (Å²) in [4.78, 5) is 15.8. The summed E-state index contributed by atoms with van der Waals surface area (Å²) in [5, 5.41) is 15.1. The molecule has 0 atom stereocenters. The van der Waals surface area contributed by atoms with Crippen molar-refractivity contribution in [2.24, 2.45) is 0 Å². The summed E-state index contributed by atoms with van der Waals surface area (Å²) in [5.41, 5.74) is 0.462. The van der Waals surface area contributed by atoms with Gasteiger partial charge in [0.1, 0.15) is 18.9 Å². The maximum absolute atomic E-state index is 12.4. The lowest BCUT2D eigenvalue weighted by Crippen LogP contribution is -2.30. The summed E-state index contributed by atoms with van der Waals surface area (Å²) < 4.78 is 27.4. The molecule has 25 heavy (non-hydrogen) atoms. The molecule has 1 amide bonds. The molecule has 0 aliphatic heterocycles. The lowest BCUT2D eigenvalue weighted by Gasteiger charge is -2.18. The summed E-state index contributed by atoms with van der Waals surface area (Å²) >= 11 is 0. The predicted octanol–water partition coefficient (Wildman–Crippen LogP) is 0.819. The van der Waals surface area contributed by atoms with Crippen molar-refractivity contribution in [2.75, 3.05) is 18.4 Å². The second-order valence-electron chi connectivity index (χ2n) is 5.04. The van der Waals surface area contributed by atoms with Crippen molar-refractivity contribution in [1.82, 2.24) is 19.1 Å². The molecule has 0 bridgehead atoms. The first-order chi connectivity index (χ1) is 11.9. The highest BCUT2D eigenvalue weighted by atomic mass is 32.2. The van der Waals surface area contributed by atoms with Gasteiger partial charge in [0.2, 0.25) is 15.9 Å². The Balaban J connectivity index is 2.05. The van der Waals surface area contributed by atoms with E-state index in [1.54, 1.807) is 19.9 Å². The van der Waals surface area contributed by atoms with E-state index in [0.29, 0.717) is 18.8 Å². The third kappa shape index (κ3) is 4.40. The summed E-state index contributed by atoms with van der Waals surface area (Å²) in [5.74, 6) is -0.382. The monoisotopic (exact) mass is 362 g/mol. The van der Waals surface area contributed by atoms with Crippen molar-refractivity contribution in [2.45, 2.75) is 25.3 Å². The third-order valence-corrected chi connectivity index (χ3v) is 5.49. The van der Waals surface area contributed by atoms with Crippen molar-refractivity contribution < 1.29 is 13.2 Å². The van der Waals surface area contributed by atoms with Gasteiger partial charge in [0, 0.05) is 18.8 Å². The molecule has 1 aromatic carbocycles. The Bertz CT molecular complexity index is 879. The average molecular weight is 362 g/mol. The number of aromatic nitrogens is 3. The molecule has 2 aromatic rings. The number of nitriles is 1. The van der Waals surface area contributed by atoms with Crippen LogP contribution in [0.25, 0.3) is 0 Å². The normalized spacial score (nSPS) is 11.3. The van der Waals surface area contributed by atoms with Crippen LogP contribution in [0.4, 0.5) is 5.69 Å². The van der Waals surface area contributed by atoms with E-state index in [4.69, 9.17) is 5.26 Å². The number of sulfonamides is 1. The Morgan fingerprint density at radius 2 is 1.92 bits per heavy atom. The van der Waals surface area contributed by atoms with E-state index in [1.807, 2.05) is 0 Å². The molecule has 1 N–H and O–H groups in total. The van der Waals surface area contributed by atoms with Crippen LogP contribution >= 0.6 is 0 Å². The molecule has 0 saturated carbocycles. The van der Waals surface area contributed by atoms with Crippen LogP contribution in [0.3, 0.4) is 0 Å². The summed E-state index contributed by atoms with van der Waals surface area (Å²) in [6, 6.07) is 7.72. The van der Waals surface area contributed by atoms with Crippen LogP contribution in [0.2, 0.25) is 0 Å². The zero-order chi connectivity index (χ0) is 18.4. The Hall–Kier alpha value is -2.77. The molecule has 0 aliphatic carbocycles. The fourth-order valence-electron chi connectivity index (χ4n) is 2.19. The van der Waals surface area contributed by atoms with Gasteiger partial charge in [-0.25, -0.2) is 18.1 Å². The molecule has 0 aliphatic rings. The minimum Gasteiger partial charge on any atom is -0.324 e. The van der Waals surface area contributed by atoms with E-state index >= 15 is 0 Å². The quantitative estimate of drug-likeness (QED) is 0.778. The van der Waals surface area contributed by atoms with Crippen molar-refractivity contribution >= 4 is 21.6 Å². The Morgan fingerprint density at radius 1 is 1.28 bits per heavy atom. The highest BCUT2D eigenvalue weighted by molar-refractivity contribution is 7.89. The predicted molar refractivity (Wildman–Crippen MR) is 89.9 cm³/mol. The fraction of sp³-hybridized carbons (Fsp3) is 0.333. The second-order valence-corrected chi connectivity index (χ2v) is 6.98. The van der Waals surface area contributed by atoms with Gasteiger partial charge >= 0.3 is 0 Å². The number of benzene rings is 1. The summed E-state index contributed by atoms with van der Waals surface area (Å²) in [7, 11) is -3.53. The van der Waals surface area contributed by atoms with E-state index in [9.17, 15) is 13.2 Å². The van der Waals surface area contributed by atoms with E-state index in [2.05, 4.69) is 15.4 Å². The minimum absolute atomic E-state index is 0.0150. The summed E-state index contributed by atoms with van der Waals surface area (Å²) in [6.07, 6.45) is 1.29. The zero-order valence-electron chi connectivity index (χ0n) is 13.9. The maximum Gasteiger partial charge on any atom is 0.252 e. The van der Waals surface area contributed by atoms with Crippen molar-refractivity contribution in [3.8, 4) is 6.07 Å². The number of carbonyl (C=O) groups excluding carboxylic acids is 1. The van der Waals surface area contributed by atoms with E-state index < -0.39 is 10.0 Å². The number of hydrogen-bond donors (Lipinski definition) is 1. The minimum atomic E-state index is -3.53. The van der Waals surface area contributed by atoms with Crippen LogP contribution in [0.15, 0.2) is 35.5 Å². The van der Waals surface area contributed by atoms with Crippen molar-refractivity contribution in [3.05, 3.63) is 36.4 Å². The standard InChI is InChI=1S/C15H18N6O3S/c1-3-21(4-2)25(23,24)13-7-5-12(6-8-13)18-15(22)10-20-11-17-14(9-16)19-20/h5-8,11H,3-4,10H2,1-2H3,(H,18,22). The molecule has 0 fully saturated rings. The molecule has 132 valence electrons. The molecule has 0 unspecified atom stereocenters. The van der Waals surface area contributed by atoms with Gasteiger partial charge in [0.25, 0.3) is 5.82 Å². The topological polar surface area (TPSA) is 121 Å². The van der Waals surface area contributed by atoms with Crippen molar-refractivity contribution in [1.29, 1.82) is 5.26 Å². The molecule has 1 aromatic heterocycles. The summed E-state index contributed by atoms with van der Waals surface area (Å²) in [6.45, 7) is 4.23. The van der Waals surface area contributed by atoms with Gasteiger partial charge in [-0.1, -0.05) is 13.8 Å². The Kier molecular flexibility index (Phi) is 5.84. The number of nitrogens with one attached hydrogen (secondary N) is 1. The fourth-order valence-corrected chi connectivity index (χ4v) is 3.65. The van der Waals surface area contributed by atoms with Crippen LogP contribution in [0, 0.1) is 11.3 Å². The highest BCUT2D eigenvalue weighted by Crippen LogP contribution is 2.18. The molecule has 9 nitrogen and oxygen atoms in total. The number of hydrogen-bond acceptors (Lipinski definition) is 6. The van der Waals surface area contributed by atoms with Gasteiger partial charge in [-0.2, -0.15) is 9.57 Å². The average Bonchev–Trinajstić information content (AvgIpc) is 3.03. The Labute approximate surface area is 145 Å². The van der Waals surface area contributed by atoms with Crippen LogP contribution in [-0.2, 0) is 21.4 Å². The molecule has 0 radical (unpaired) electrons.